The van der Waals surface area contributed by atoms with Crippen molar-refractivity contribution in [3.63, 3.8) is 0 Å². The van der Waals surface area contributed by atoms with E-state index in [1.807, 2.05) is 0 Å². The molecule has 2 unspecified atom stereocenters. The molecule has 1 heterocycles. The molecule has 1 fully saturated rings. The summed E-state index contributed by atoms with van der Waals surface area (Å²) in [6.45, 7) is -1.27. The van der Waals surface area contributed by atoms with Crippen molar-refractivity contribution in [2.45, 2.75) is 12.2 Å². The molecule has 0 aromatic heterocycles. The molecule has 1 aliphatic rings. The fraction of sp³-hybridized carbons (Fsp3) is 0.667. The SMILES string of the molecule is O=CC(O)COP(=O)([O-])[O-].O=CC(O)COP1(=O)OOO1.[Fe+2]. The number of carbonyl (C=O) groups is 2. The van der Waals surface area contributed by atoms with E-state index in [-0.39, 0.29) is 29.6 Å². The predicted molar refractivity (Wildman–Crippen MR) is 54.5 cm³/mol. The normalized spacial score (nSPS) is 18.5. The molecule has 0 aliphatic carbocycles. The third-order valence-electron chi connectivity index (χ3n) is 1.36. The number of carbonyl (C=O) groups excluding carboxylic acids is 2. The molecule has 0 spiro atoms. The minimum atomic E-state index is -5.05. The van der Waals surface area contributed by atoms with Gasteiger partial charge >= 0.3 is 24.9 Å². The second-order valence-electron chi connectivity index (χ2n) is 3.11. The first-order chi connectivity index (χ1) is 9.62. The molecule has 0 aromatic carbocycles. The van der Waals surface area contributed by atoms with Gasteiger partial charge < -0.3 is 38.7 Å². The van der Waals surface area contributed by atoms with Crippen LogP contribution in [0.4, 0.5) is 0 Å². The fourth-order valence-corrected chi connectivity index (χ4v) is 1.45. The molecule has 0 radical (unpaired) electrons. The Kier molecular flexibility index (Phi) is 12.6. The van der Waals surface area contributed by atoms with Crippen molar-refractivity contribution in [1.29, 1.82) is 0 Å². The number of hydrogen-bond acceptors (Lipinski definition) is 13. The molecule has 0 bridgehead atoms. The van der Waals surface area contributed by atoms with Gasteiger partial charge in [0.2, 0.25) is 0 Å². The van der Waals surface area contributed by atoms with Gasteiger partial charge in [-0.15, -0.1) is 0 Å². The molecular weight excluding hydrogens is 398 g/mol. The smallest absolute Gasteiger partial charge is 0.790 e. The number of aldehydes is 2. The fourth-order valence-electron chi connectivity index (χ4n) is 0.537. The number of aliphatic hydroxyl groups is 2. The van der Waals surface area contributed by atoms with E-state index < -0.39 is 41.1 Å². The number of phosphoric acid groups is 2. The summed E-state index contributed by atoms with van der Waals surface area (Å²) in [5, 5.41) is 20.5. The van der Waals surface area contributed by atoms with E-state index in [2.05, 4.69) is 23.4 Å². The van der Waals surface area contributed by atoms with Crippen LogP contribution >= 0.6 is 15.6 Å². The molecular formula is C6H10FeO13P2. The molecule has 0 aromatic rings. The molecule has 1 aliphatic heterocycles. The number of phosphoric ester groups is 1. The minimum Gasteiger partial charge on any atom is -0.790 e. The summed E-state index contributed by atoms with van der Waals surface area (Å²) in [6.07, 6.45) is -2.60. The molecule has 0 amide bonds. The van der Waals surface area contributed by atoms with Gasteiger partial charge in [0.25, 0.3) is 0 Å². The van der Waals surface area contributed by atoms with Crippen LogP contribution in [0.3, 0.4) is 0 Å². The van der Waals surface area contributed by atoms with Gasteiger partial charge in [-0.3, -0.25) is 4.52 Å². The van der Waals surface area contributed by atoms with Crippen molar-refractivity contribution in [3.8, 4) is 0 Å². The van der Waals surface area contributed by atoms with Crippen molar-refractivity contribution in [1.82, 2.24) is 0 Å². The third kappa shape index (κ3) is 12.5. The molecule has 2 N–H and O–H groups in total. The van der Waals surface area contributed by atoms with Crippen molar-refractivity contribution in [2.75, 3.05) is 13.2 Å². The molecule has 16 heteroatoms. The first-order valence-corrected chi connectivity index (χ1v) is 7.76. The van der Waals surface area contributed by atoms with E-state index >= 15 is 0 Å². The van der Waals surface area contributed by atoms with Gasteiger partial charge in [0, 0.05) is 0 Å². The van der Waals surface area contributed by atoms with Gasteiger partial charge in [-0.1, -0.05) is 9.35 Å². The van der Waals surface area contributed by atoms with E-state index in [0.717, 1.165) is 0 Å². The Morgan fingerprint density at radius 1 is 1.14 bits per heavy atom. The summed E-state index contributed by atoms with van der Waals surface area (Å²) < 4.78 is 36.0. The molecule has 22 heavy (non-hydrogen) atoms. The van der Waals surface area contributed by atoms with Crippen molar-refractivity contribution < 1.29 is 79.2 Å². The Bertz CT molecular complexity index is 415. The Labute approximate surface area is 133 Å². The second kappa shape index (κ2) is 11.5. The second-order valence-corrected chi connectivity index (χ2v) is 5.71. The monoisotopic (exact) mass is 408 g/mol. The summed E-state index contributed by atoms with van der Waals surface area (Å²) in [5.41, 5.74) is 0. The zero-order valence-corrected chi connectivity index (χ0v) is 13.2. The van der Waals surface area contributed by atoms with Crippen LogP contribution in [0.15, 0.2) is 0 Å². The van der Waals surface area contributed by atoms with E-state index in [9.17, 15) is 28.5 Å². The molecule has 1 saturated heterocycles. The average molecular weight is 408 g/mol. The van der Waals surface area contributed by atoms with Gasteiger partial charge in [0.15, 0.2) is 12.6 Å². The topological polar surface area (TPSA) is 201 Å². The van der Waals surface area contributed by atoms with E-state index in [0.29, 0.717) is 0 Å². The summed E-state index contributed by atoms with van der Waals surface area (Å²) in [4.78, 5) is 38.7. The average Bonchev–Trinajstić information content (AvgIpc) is 2.39. The van der Waals surface area contributed by atoms with E-state index in [4.69, 9.17) is 10.2 Å². The van der Waals surface area contributed by atoms with E-state index in [1.54, 1.807) is 0 Å². The van der Waals surface area contributed by atoms with Crippen LogP contribution < -0.4 is 9.79 Å². The van der Waals surface area contributed by atoms with Crippen molar-refractivity contribution in [3.05, 3.63) is 0 Å². The Hall–Kier alpha value is -0.0405. The zero-order chi connectivity index (χ0) is 16.5. The van der Waals surface area contributed by atoms with Gasteiger partial charge in [0.1, 0.15) is 12.2 Å². The Balaban J connectivity index is 0. The molecule has 2 atom stereocenters. The molecule has 130 valence electrons. The van der Waals surface area contributed by atoms with Crippen LogP contribution in [0.25, 0.3) is 0 Å². The predicted octanol–water partition coefficient (Wildman–Crippen LogP) is -3.05. The van der Waals surface area contributed by atoms with Crippen LogP contribution in [-0.4, -0.2) is 48.2 Å². The van der Waals surface area contributed by atoms with Crippen molar-refractivity contribution in [2.24, 2.45) is 0 Å². The Morgan fingerprint density at radius 2 is 1.59 bits per heavy atom. The zero-order valence-electron chi connectivity index (χ0n) is 10.4. The van der Waals surface area contributed by atoms with Crippen LogP contribution in [0.5, 0.6) is 0 Å². The maximum Gasteiger partial charge on any atom is 2.00 e. The van der Waals surface area contributed by atoms with Gasteiger partial charge in [-0.25, -0.2) is 4.57 Å². The van der Waals surface area contributed by atoms with Crippen LogP contribution in [0, 0.1) is 0 Å². The molecule has 13 nitrogen and oxygen atoms in total. The van der Waals surface area contributed by atoms with E-state index in [1.165, 1.54) is 0 Å². The number of hydrogen-bond donors (Lipinski definition) is 2. The minimum absolute atomic E-state index is 0. The molecule has 0 saturated carbocycles. The number of aliphatic hydroxyl groups excluding tert-OH is 2. The summed E-state index contributed by atoms with van der Waals surface area (Å²) in [7, 11) is -8.65. The van der Waals surface area contributed by atoms with Crippen LogP contribution in [-0.2, 0) is 59.2 Å². The third-order valence-corrected chi connectivity index (χ3v) is 2.78. The number of rotatable bonds is 8. The summed E-state index contributed by atoms with van der Waals surface area (Å²) >= 11 is 0. The summed E-state index contributed by atoms with van der Waals surface area (Å²) in [6, 6.07) is 0. The summed E-state index contributed by atoms with van der Waals surface area (Å²) in [5.74, 6) is 0. The maximum atomic E-state index is 10.7. The standard InChI is InChI=1S/C3H5O7P.C3H7O6P.Fe/c4-1-3(5)2-7-11(6)9-8-10-11;4-1-3(5)2-9-10(6,7)8;/h1,3,5H,2H2;1,3,5H,2H2,(H2,6,7,8);/q;;+2/p-2. The van der Waals surface area contributed by atoms with Crippen LogP contribution in [0.1, 0.15) is 0 Å². The van der Waals surface area contributed by atoms with Crippen LogP contribution in [0.2, 0.25) is 0 Å². The van der Waals surface area contributed by atoms with Gasteiger partial charge in [0.05, 0.1) is 21.0 Å². The quantitative estimate of drug-likeness (QED) is 0.178. The van der Waals surface area contributed by atoms with Crippen molar-refractivity contribution >= 4 is 28.2 Å². The first-order valence-electron chi connectivity index (χ1n) is 4.84. The van der Waals surface area contributed by atoms with Gasteiger partial charge in [-0.05, 0) is 5.04 Å². The largest absolute Gasteiger partial charge is 2.00 e. The maximum absolute atomic E-state index is 10.7. The Morgan fingerprint density at radius 3 is 1.91 bits per heavy atom. The van der Waals surface area contributed by atoms with Gasteiger partial charge in [-0.2, -0.15) is 0 Å². The molecule has 1 rings (SSSR count). The first kappa shape index (κ1) is 24.2.